The molecular formula is C10H13NO. The number of aromatic amines is 1. The first-order valence-electron chi connectivity index (χ1n) is 4.55. The maximum absolute atomic E-state index is 10.8. The molecule has 2 rings (SSSR count). The summed E-state index contributed by atoms with van der Waals surface area (Å²) in [5.74, 6) is 0.696. The van der Waals surface area contributed by atoms with Gasteiger partial charge in [0.1, 0.15) is 0 Å². The molecule has 0 bridgehead atoms. The molecule has 2 nitrogen and oxygen atoms in total. The van der Waals surface area contributed by atoms with Gasteiger partial charge in [-0.05, 0) is 24.3 Å². The fraction of sp³-hybridized carbons (Fsp3) is 0.500. The van der Waals surface area contributed by atoms with E-state index in [4.69, 9.17) is 0 Å². The summed E-state index contributed by atoms with van der Waals surface area (Å²) in [6.45, 7) is 0. The number of hydrogen-bond donors (Lipinski definition) is 1. The molecule has 0 unspecified atom stereocenters. The van der Waals surface area contributed by atoms with Crippen LogP contribution in [0.2, 0.25) is 0 Å². The van der Waals surface area contributed by atoms with E-state index in [0.717, 1.165) is 0 Å². The van der Waals surface area contributed by atoms with Crippen molar-refractivity contribution in [1.82, 2.24) is 4.98 Å². The third kappa shape index (κ3) is 1.42. The zero-order valence-electron chi connectivity index (χ0n) is 7.05. The molecule has 12 heavy (non-hydrogen) atoms. The van der Waals surface area contributed by atoms with Crippen LogP contribution in [0.4, 0.5) is 0 Å². The Bertz CT molecular complexity index is 289. The van der Waals surface area contributed by atoms with Gasteiger partial charge in [0.2, 0.25) is 5.56 Å². The molecule has 1 fully saturated rings. The Balaban J connectivity index is 2.22. The molecule has 64 valence electrons. The van der Waals surface area contributed by atoms with Crippen LogP contribution in [0.15, 0.2) is 23.1 Å². The van der Waals surface area contributed by atoms with Crippen molar-refractivity contribution in [1.29, 1.82) is 0 Å². The molecule has 1 aromatic rings. The summed E-state index contributed by atoms with van der Waals surface area (Å²) in [5.41, 5.74) is 1.30. The minimum atomic E-state index is -0.00301. The third-order valence-corrected chi connectivity index (χ3v) is 2.63. The monoisotopic (exact) mass is 163 g/mol. The van der Waals surface area contributed by atoms with Crippen LogP contribution in [-0.4, -0.2) is 4.98 Å². The molecule has 2 heteroatoms. The Morgan fingerprint density at radius 3 is 2.58 bits per heavy atom. The summed E-state index contributed by atoms with van der Waals surface area (Å²) in [6, 6.07) is 3.57. The predicted molar refractivity (Wildman–Crippen MR) is 48.3 cm³/mol. The number of hydrogen-bond acceptors (Lipinski definition) is 1. The SMILES string of the molecule is O=c1ccc(C2CCCC2)c[nH]1. The summed E-state index contributed by atoms with van der Waals surface area (Å²) in [7, 11) is 0. The second-order valence-corrected chi connectivity index (χ2v) is 3.47. The van der Waals surface area contributed by atoms with Crippen molar-refractivity contribution in [3.8, 4) is 0 Å². The quantitative estimate of drug-likeness (QED) is 0.675. The second kappa shape index (κ2) is 3.13. The van der Waals surface area contributed by atoms with E-state index in [1.54, 1.807) is 6.07 Å². The summed E-state index contributed by atoms with van der Waals surface area (Å²) in [6.07, 6.45) is 7.10. The Morgan fingerprint density at radius 1 is 1.25 bits per heavy atom. The molecule has 1 heterocycles. The molecule has 1 aliphatic rings. The minimum absolute atomic E-state index is 0.00301. The van der Waals surface area contributed by atoms with Crippen molar-refractivity contribution in [3.63, 3.8) is 0 Å². The molecule has 0 atom stereocenters. The summed E-state index contributed by atoms with van der Waals surface area (Å²) < 4.78 is 0. The molecule has 0 radical (unpaired) electrons. The molecule has 1 saturated carbocycles. The molecular weight excluding hydrogens is 150 g/mol. The Hall–Kier alpha value is -1.05. The highest BCUT2D eigenvalue weighted by atomic mass is 16.1. The van der Waals surface area contributed by atoms with Crippen LogP contribution in [0.3, 0.4) is 0 Å². The fourth-order valence-corrected chi connectivity index (χ4v) is 1.94. The maximum Gasteiger partial charge on any atom is 0.247 e. The zero-order valence-corrected chi connectivity index (χ0v) is 7.05. The fourth-order valence-electron chi connectivity index (χ4n) is 1.94. The average Bonchev–Trinajstić information content (AvgIpc) is 2.58. The minimum Gasteiger partial charge on any atom is -0.329 e. The van der Waals surface area contributed by atoms with E-state index in [0.29, 0.717) is 5.92 Å². The first-order valence-corrected chi connectivity index (χ1v) is 4.55. The van der Waals surface area contributed by atoms with Gasteiger partial charge in [-0.25, -0.2) is 0 Å². The number of nitrogens with one attached hydrogen (secondary N) is 1. The molecule has 0 aromatic carbocycles. The highest BCUT2D eigenvalue weighted by Crippen LogP contribution is 2.32. The Morgan fingerprint density at radius 2 is 2.00 bits per heavy atom. The van der Waals surface area contributed by atoms with Crippen molar-refractivity contribution >= 4 is 0 Å². The normalized spacial score (nSPS) is 18.3. The zero-order chi connectivity index (χ0) is 8.39. The number of rotatable bonds is 1. The topological polar surface area (TPSA) is 32.9 Å². The lowest BCUT2D eigenvalue weighted by Gasteiger charge is -2.07. The standard InChI is InChI=1S/C10H13NO/c12-10-6-5-9(7-11-10)8-3-1-2-4-8/h5-8H,1-4H2,(H,11,12). The number of aromatic nitrogens is 1. The van der Waals surface area contributed by atoms with Gasteiger partial charge in [0.05, 0.1) is 0 Å². The lowest BCUT2D eigenvalue weighted by molar-refractivity contribution is 0.718. The highest BCUT2D eigenvalue weighted by Gasteiger charge is 2.16. The van der Waals surface area contributed by atoms with Gasteiger partial charge in [0.15, 0.2) is 0 Å². The van der Waals surface area contributed by atoms with E-state index in [1.807, 2.05) is 12.3 Å². The molecule has 1 aliphatic carbocycles. The average molecular weight is 163 g/mol. The van der Waals surface area contributed by atoms with Crippen molar-refractivity contribution in [2.24, 2.45) is 0 Å². The van der Waals surface area contributed by atoms with Crippen LogP contribution in [0.1, 0.15) is 37.2 Å². The lowest BCUT2D eigenvalue weighted by Crippen LogP contribution is -2.04. The number of H-pyrrole nitrogens is 1. The molecule has 1 aromatic heterocycles. The first kappa shape index (κ1) is 7.59. The van der Waals surface area contributed by atoms with Gasteiger partial charge in [0.25, 0.3) is 0 Å². The van der Waals surface area contributed by atoms with Crippen LogP contribution < -0.4 is 5.56 Å². The smallest absolute Gasteiger partial charge is 0.247 e. The van der Waals surface area contributed by atoms with E-state index in [2.05, 4.69) is 4.98 Å². The van der Waals surface area contributed by atoms with Crippen LogP contribution in [0.25, 0.3) is 0 Å². The van der Waals surface area contributed by atoms with Gasteiger partial charge < -0.3 is 4.98 Å². The van der Waals surface area contributed by atoms with Gasteiger partial charge in [-0.3, -0.25) is 4.79 Å². The summed E-state index contributed by atoms with van der Waals surface area (Å²) >= 11 is 0. The highest BCUT2D eigenvalue weighted by molar-refractivity contribution is 5.15. The first-order chi connectivity index (χ1) is 5.86. The van der Waals surface area contributed by atoms with E-state index in [1.165, 1.54) is 31.2 Å². The molecule has 0 amide bonds. The van der Waals surface area contributed by atoms with E-state index in [-0.39, 0.29) is 5.56 Å². The summed E-state index contributed by atoms with van der Waals surface area (Å²) in [4.78, 5) is 13.5. The summed E-state index contributed by atoms with van der Waals surface area (Å²) in [5, 5.41) is 0. The van der Waals surface area contributed by atoms with Crippen LogP contribution in [-0.2, 0) is 0 Å². The van der Waals surface area contributed by atoms with E-state index < -0.39 is 0 Å². The largest absolute Gasteiger partial charge is 0.329 e. The van der Waals surface area contributed by atoms with Gasteiger partial charge >= 0.3 is 0 Å². The second-order valence-electron chi connectivity index (χ2n) is 3.47. The van der Waals surface area contributed by atoms with Gasteiger partial charge in [-0.2, -0.15) is 0 Å². The van der Waals surface area contributed by atoms with Crippen LogP contribution >= 0.6 is 0 Å². The van der Waals surface area contributed by atoms with Gasteiger partial charge in [-0.1, -0.05) is 18.9 Å². The lowest BCUT2D eigenvalue weighted by atomic mass is 10.00. The van der Waals surface area contributed by atoms with Crippen molar-refractivity contribution in [3.05, 3.63) is 34.2 Å². The Kier molecular flexibility index (Phi) is 1.98. The Labute approximate surface area is 71.6 Å². The van der Waals surface area contributed by atoms with E-state index in [9.17, 15) is 4.79 Å². The molecule has 0 aliphatic heterocycles. The molecule has 0 spiro atoms. The van der Waals surface area contributed by atoms with Crippen molar-refractivity contribution in [2.75, 3.05) is 0 Å². The van der Waals surface area contributed by atoms with Crippen LogP contribution in [0, 0.1) is 0 Å². The van der Waals surface area contributed by atoms with Crippen molar-refractivity contribution in [2.45, 2.75) is 31.6 Å². The van der Waals surface area contributed by atoms with Gasteiger partial charge in [0, 0.05) is 12.3 Å². The number of pyridine rings is 1. The van der Waals surface area contributed by atoms with Gasteiger partial charge in [-0.15, -0.1) is 0 Å². The van der Waals surface area contributed by atoms with Crippen molar-refractivity contribution < 1.29 is 0 Å². The maximum atomic E-state index is 10.8. The van der Waals surface area contributed by atoms with E-state index >= 15 is 0 Å². The predicted octanol–water partition coefficient (Wildman–Crippen LogP) is 2.03. The third-order valence-electron chi connectivity index (χ3n) is 2.63. The molecule has 1 N–H and O–H groups in total. The molecule has 0 saturated heterocycles. The van der Waals surface area contributed by atoms with Crippen LogP contribution in [0.5, 0.6) is 0 Å².